The average molecular weight is 225 g/mol. The van der Waals surface area contributed by atoms with Crippen LogP contribution in [-0.2, 0) is 9.47 Å². The molecular weight excluding hydrogens is 202 g/mol. The fourth-order valence-electron chi connectivity index (χ4n) is 3.66. The SMILES string of the molecule is C1CC(CC2(C3CCOCC3)COC2)CN1. The minimum Gasteiger partial charge on any atom is -0.381 e. The summed E-state index contributed by atoms with van der Waals surface area (Å²) in [4.78, 5) is 0. The smallest absolute Gasteiger partial charge is 0.0547 e. The molecule has 1 unspecified atom stereocenters. The van der Waals surface area contributed by atoms with Crippen molar-refractivity contribution < 1.29 is 9.47 Å². The molecule has 0 bridgehead atoms. The van der Waals surface area contributed by atoms with Gasteiger partial charge in [-0.2, -0.15) is 0 Å². The molecule has 3 nitrogen and oxygen atoms in total. The highest BCUT2D eigenvalue weighted by atomic mass is 16.5. The van der Waals surface area contributed by atoms with Crippen LogP contribution in [0.15, 0.2) is 0 Å². The van der Waals surface area contributed by atoms with Crippen LogP contribution in [0, 0.1) is 17.3 Å². The van der Waals surface area contributed by atoms with Gasteiger partial charge in [0.2, 0.25) is 0 Å². The molecule has 1 atom stereocenters. The lowest BCUT2D eigenvalue weighted by Gasteiger charge is -2.50. The Kier molecular flexibility index (Phi) is 3.18. The topological polar surface area (TPSA) is 30.5 Å². The monoisotopic (exact) mass is 225 g/mol. The van der Waals surface area contributed by atoms with Gasteiger partial charge >= 0.3 is 0 Å². The van der Waals surface area contributed by atoms with Gasteiger partial charge in [-0.05, 0) is 50.6 Å². The van der Waals surface area contributed by atoms with E-state index in [4.69, 9.17) is 9.47 Å². The zero-order valence-electron chi connectivity index (χ0n) is 10.0. The van der Waals surface area contributed by atoms with Crippen molar-refractivity contribution in [3.63, 3.8) is 0 Å². The number of rotatable bonds is 3. The summed E-state index contributed by atoms with van der Waals surface area (Å²) < 4.78 is 11.0. The van der Waals surface area contributed by atoms with Gasteiger partial charge in [-0.3, -0.25) is 0 Å². The molecule has 3 fully saturated rings. The summed E-state index contributed by atoms with van der Waals surface area (Å²) in [5, 5.41) is 3.48. The Hall–Kier alpha value is -0.120. The van der Waals surface area contributed by atoms with Crippen molar-refractivity contribution in [2.24, 2.45) is 17.3 Å². The third-order valence-electron chi connectivity index (χ3n) is 4.72. The van der Waals surface area contributed by atoms with Crippen LogP contribution in [0.25, 0.3) is 0 Å². The van der Waals surface area contributed by atoms with Crippen LogP contribution in [-0.4, -0.2) is 39.5 Å². The lowest BCUT2D eigenvalue weighted by Crippen LogP contribution is -2.51. The Morgan fingerprint density at radius 1 is 1.06 bits per heavy atom. The van der Waals surface area contributed by atoms with Crippen LogP contribution >= 0.6 is 0 Å². The molecule has 3 saturated heterocycles. The molecule has 3 heterocycles. The van der Waals surface area contributed by atoms with Crippen molar-refractivity contribution in [3.05, 3.63) is 0 Å². The first-order valence-electron chi connectivity index (χ1n) is 6.75. The van der Waals surface area contributed by atoms with Gasteiger partial charge in [0.1, 0.15) is 0 Å². The molecule has 0 aromatic rings. The zero-order valence-corrected chi connectivity index (χ0v) is 10.0. The standard InChI is InChI=1S/C13H23NO2/c1-4-14-8-11(1)7-13(9-16-10-13)12-2-5-15-6-3-12/h11-12,14H,1-10H2. The van der Waals surface area contributed by atoms with E-state index in [1.54, 1.807) is 0 Å². The maximum atomic E-state index is 5.54. The van der Waals surface area contributed by atoms with Crippen LogP contribution in [0.3, 0.4) is 0 Å². The molecule has 0 spiro atoms. The average Bonchev–Trinajstić information content (AvgIpc) is 2.77. The maximum absolute atomic E-state index is 5.54. The molecule has 0 saturated carbocycles. The van der Waals surface area contributed by atoms with E-state index in [1.165, 1.54) is 38.8 Å². The number of hydrogen-bond donors (Lipinski definition) is 1. The predicted molar refractivity (Wildman–Crippen MR) is 62.4 cm³/mol. The Labute approximate surface area is 97.9 Å². The van der Waals surface area contributed by atoms with Gasteiger partial charge in [-0.15, -0.1) is 0 Å². The van der Waals surface area contributed by atoms with Crippen LogP contribution in [0.1, 0.15) is 25.7 Å². The van der Waals surface area contributed by atoms with E-state index < -0.39 is 0 Å². The third kappa shape index (κ3) is 2.01. The summed E-state index contributed by atoms with van der Waals surface area (Å²) in [6, 6.07) is 0. The molecule has 3 aliphatic rings. The van der Waals surface area contributed by atoms with Gasteiger partial charge in [0.15, 0.2) is 0 Å². The van der Waals surface area contributed by atoms with Crippen LogP contribution in [0.5, 0.6) is 0 Å². The molecule has 0 amide bonds. The Morgan fingerprint density at radius 3 is 2.44 bits per heavy atom. The van der Waals surface area contributed by atoms with Crippen LogP contribution < -0.4 is 5.32 Å². The second-order valence-corrected chi connectivity index (χ2v) is 5.80. The first-order chi connectivity index (χ1) is 7.89. The summed E-state index contributed by atoms with van der Waals surface area (Å²) in [6.07, 6.45) is 5.25. The summed E-state index contributed by atoms with van der Waals surface area (Å²) in [6.45, 7) is 6.40. The predicted octanol–water partition coefficient (Wildman–Crippen LogP) is 1.43. The Bertz CT molecular complexity index is 228. The van der Waals surface area contributed by atoms with Crippen LogP contribution in [0.4, 0.5) is 0 Å². The van der Waals surface area contributed by atoms with E-state index in [9.17, 15) is 0 Å². The Morgan fingerprint density at radius 2 is 1.88 bits per heavy atom. The van der Waals surface area contributed by atoms with E-state index >= 15 is 0 Å². The molecule has 3 aliphatic heterocycles. The molecule has 0 aromatic carbocycles. The molecule has 0 aromatic heterocycles. The van der Waals surface area contributed by atoms with Crippen molar-refractivity contribution in [2.45, 2.75) is 25.7 Å². The first kappa shape index (κ1) is 11.0. The van der Waals surface area contributed by atoms with Crippen molar-refractivity contribution in [1.29, 1.82) is 0 Å². The molecule has 16 heavy (non-hydrogen) atoms. The second kappa shape index (κ2) is 4.63. The van der Waals surface area contributed by atoms with E-state index in [2.05, 4.69) is 5.32 Å². The van der Waals surface area contributed by atoms with Gasteiger partial charge in [0.05, 0.1) is 13.2 Å². The molecule has 1 N–H and O–H groups in total. The van der Waals surface area contributed by atoms with Crippen molar-refractivity contribution >= 4 is 0 Å². The second-order valence-electron chi connectivity index (χ2n) is 5.80. The highest BCUT2D eigenvalue weighted by Gasteiger charge is 2.47. The van der Waals surface area contributed by atoms with E-state index in [1.807, 2.05) is 0 Å². The third-order valence-corrected chi connectivity index (χ3v) is 4.72. The van der Waals surface area contributed by atoms with E-state index in [0.29, 0.717) is 5.41 Å². The molecule has 0 aliphatic carbocycles. The number of nitrogens with one attached hydrogen (secondary N) is 1. The molecule has 0 radical (unpaired) electrons. The molecule has 3 rings (SSSR count). The number of hydrogen-bond acceptors (Lipinski definition) is 3. The van der Waals surface area contributed by atoms with Gasteiger partial charge < -0.3 is 14.8 Å². The molecule has 3 heteroatoms. The van der Waals surface area contributed by atoms with Crippen LogP contribution in [0.2, 0.25) is 0 Å². The Balaban J connectivity index is 1.62. The van der Waals surface area contributed by atoms with Crippen molar-refractivity contribution in [3.8, 4) is 0 Å². The van der Waals surface area contributed by atoms with E-state index in [0.717, 1.165) is 38.3 Å². The fourth-order valence-corrected chi connectivity index (χ4v) is 3.66. The fraction of sp³-hybridized carbons (Fsp3) is 1.00. The minimum absolute atomic E-state index is 0.514. The number of ether oxygens (including phenoxy) is 2. The quantitative estimate of drug-likeness (QED) is 0.788. The van der Waals surface area contributed by atoms with Gasteiger partial charge in [-0.25, -0.2) is 0 Å². The van der Waals surface area contributed by atoms with Gasteiger partial charge in [-0.1, -0.05) is 0 Å². The van der Waals surface area contributed by atoms with Gasteiger partial charge in [0, 0.05) is 18.6 Å². The summed E-state index contributed by atoms with van der Waals surface area (Å²) in [5.41, 5.74) is 0.514. The molecular formula is C13H23NO2. The summed E-state index contributed by atoms with van der Waals surface area (Å²) >= 11 is 0. The summed E-state index contributed by atoms with van der Waals surface area (Å²) in [5.74, 6) is 1.75. The normalized spacial score (nSPS) is 34.9. The maximum Gasteiger partial charge on any atom is 0.0547 e. The highest BCUT2D eigenvalue weighted by Crippen LogP contribution is 2.46. The van der Waals surface area contributed by atoms with Crippen molar-refractivity contribution in [2.75, 3.05) is 39.5 Å². The first-order valence-corrected chi connectivity index (χ1v) is 6.75. The van der Waals surface area contributed by atoms with Crippen molar-refractivity contribution in [1.82, 2.24) is 5.32 Å². The lowest BCUT2D eigenvalue weighted by atomic mass is 9.65. The summed E-state index contributed by atoms with van der Waals surface area (Å²) in [7, 11) is 0. The largest absolute Gasteiger partial charge is 0.381 e. The molecule has 92 valence electrons. The highest BCUT2D eigenvalue weighted by molar-refractivity contribution is 4.95. The zero-order chi connectivity index (χ0) is 10.8. The lowest BCUT2D eigenvalue weighted by molar-refractivity contribution is -0.172. The van der Waals surface area contributed by atoms with Gasteiger partial charge in [0.25, 0.3) is 0 Å². The van der Waals surface area contributed by atoms with E-state index in [-0.39, 0.29) is 0 Å². The minimum atomic E-state index is 0.514.